The van der Waals surface area contributed by atoms with Gasteiger partial charge in [-0.05, 0) is 30.7 Å². The largest absolute Gasteiger partial charge is 0.490 e. The van der Waals surface area contributed by atoms with E-state index in [0.717, 1.165) is 5.56 Å². The van der Waals surface area contributed by atoms with Crippen molar-refractivity contribution in [3.05, 3.63) is 64.7 Å². The average Bonchev–Trinajstić information content (AvgIpc) is 2.37. The zero-order valence-corrected chi connectivity index (χ0v) is 10.9. The Labute approximate surface area is 112 Å². The minimum atomic E-state index is -0.635. The highest BCUT2D eigenvalue weighted by Crippen LogP contribution is 2.20. The maximum atomic E-state index is 9.98. The van der Waals surface area contributed by atoms with Crippen molar-refractivity contribution in [3.63, 3.8) is 0 Å². The molecule has 2 aromatic rings. The van der Waals surface area contributed by atoms with Gasteiger partial charge in [-0.25, -0.2) is 0 Å². The summed E-state index contributed by atoms with van der Waals surface area (Å²) in [6.45, 7) is 2.22. The zero-order chi connectivity index (χ0) is 13.0. The topological polar surface area (TPSA) is 29.5 Å². The number of halogens is 1. The molecule has 94 valence electrons. The minimum absolute atomic E-state index is 0.212. The quantitative estimate of drug-likeness (QED) is 0.909. The Hall–Kier alpha value is -1.51. The third-order valence-corrected chi connectivity index (χ3v) is 2.90. The van der Waals surface area contributed by atoms with Crippen LogP contribution in [0.25, 0.3) is 0 Å². The van der Waals surface area contributed by atoms with Crippen LogP contribution in [0.2, 0.25) is 5.02 Å². The Morgan fingerprint density at radius 3 is 2.56 bits per heavy atom. The molecule has 0 radical (unpaired) electrons. The normalized spacial score (nSPS) is 12.2. The predicted octanol–water partition coefficient (Wildman–Crippen LogP) is 3.76. The van der Waals surface area contributed by atoms with E-state index in [2.05, 4.69) is 0 Å². The molecule has 0 fully saturated rings. The van der Waals surface area contributed by atoms with Crippen LogP contribution >= 0.6 is 11.6 Å². The molecule has 0 amide bonds. The van der Waals surface area contributed by atoms with Crippen LogP contribution in [-0.4, -0.2) is 11.7 Å². The molecular formula is C15H15ClO2. The van der Waals surface area contributed by atoms with E-state index in [9.17, 15) is 5.11 Å². The predicted molar refractivity (Wildman–Crippen MR) is 73.1 cm³/mol. The summed E-state index contributed by atoms with van der Waals surface area (Å²) in [5.41, 5.74) is 2.02. The molecular weight excluding hydrogens is 248 g/mol. The van der Waals surface area contributed by atoms with Crippen LogP contribution in [-0.2, 0) is 0 Å². The van der Waals surface area contributed by atoms with E-state index in [1.165, 1.54) is 5.56 Å². The number of aliphatic hydroxyl groups excluding tert-OH is 1. The van der Waals surface area contributed by atoms with Gasteiger partial charge in [-0.3, -0.25) is 0 Å². The van der Waals surface area contributed by atoms with Gasteiger partial charge < -0.3 is 9.84 Å². The molecule has 2 nitrogen and oxygen atoms in total. The Morgan fingerprint density at radius 1 is 1.17 bits per heavy atom. The standard InChI is InChI=1S/C15H15ClO2/c1-11-5-7-12(8-6-11)15(17)10-18-14-4-2-3-13(16)9-14/h2-9,15,17H,10H2,1H3. The van der Waals surface area contributed by atoms with Crippen molar-refractivity contribution in [2.75, 3.05) is 6.61 Å². The van der Waals surface area contributed by atoms with Crippen LogP contribution in [0.15, 0.2) is 48.5 Å². The monoisotopic (exact) mass is 262 g/mol. The van der Waals surface area contributed by atoms with E-state index < -0.39 is 6.10 Å². The first-order valence-electron chi connectivity index (χ1n) is 5.78. The van der Waals surface area contributed by atoms with Gasteiger partial charge in [0.1, 0.15) is 18.5 Å². The smallest absolute Gasteiger partial charge is 0.120 e. The fraction of sp³-hybridized carbons (Fsp3) is 0.200. The summed E-state index contributed by atoms with van der Waals surface area (Å²) in [5.74, 6) is 0.661. The Balaban J connectivity index is 1.96. The third kappa shape index (κ3) is 3.49. The number of aliphatic hydroxyl groups is 1. The summed E-state index contributed by atoms with van der Waals surface area (Å²) in [6, 6.07) is 14.9. The number of ether oxygens (including phenoxy) is 1. The second kappa shape index (κ2) is 5.89. The van der Waals surface area contributed by atoms with Crippen molar-refractivity contribution in [2.24, 2.45) is 0 Å². The Bertz CT molecular complexity index is 508. The van der Waals surface area contributed by atoms with Crippen molar-refractivity contribution in [2.45, 2.75) is 13.0 Å². The fourth-order valence-corrected chi connectivity index (χ4v) is 1.80. The summed E-state index contributed by atoms with van der Waals surface area (Å²) in [5, 5.41) is 10.6. The molecule has 0 spiro atoms. The van der Waals surface area contributed by atoms with Crippen LogP contribution in [0.1, 0.15) is 17.2 Å². The number of hydrogen-bond acceptors (Lipinski definition) is 2. The Morgan fingerprint density at radius 2 is 1.89 bits per heavy atom. The fourth-order valence-electron chi connectivity index (χ4n) is 1.62. The molecule has 2 rings (SSSR count). The van der Waals surface area contributed by atoms with Crippen molar-refractivity contribution < 1.29 is 9.84 Å². The van der Waals surface area contributed by atoms with Crippen LogP contribution in [0.3, 0.4) is 0 Å². The number of aryl methyl sites for hydroxylation is 1. The minimum Gasteiger partial charge on any atom is -0.490 e. The van der Waals surface area contributed by atoms with E-state index >= 15 is 0 Å². The summed E-state index contributed by atoms with van der Waals surface area (Å²) in [6.07, 6.45) is -0.635. The molecule has 18 heavy (non-hydrogen) atoms. The lowest BCUT2D eigenvalue weighted by Gasteiger charge is -2.13. The van der Waals surface area contributed by atoms with Gasteiger partial charge in [0.05, 0.1) is 0 Å². The molecule has 1 unspecified atom stereocenters. The van der Waals surface area contributed by atoms with E-state index in [4.69, 9.17) is 16.3 Å². The molecule has 1 N–H and O–H groups in total. The highest BCUT2D eigenvalue weighted by atomic mass is 35.5. The maximum Gasteiger partial charge on any atom is 0.120 e. The van der Waals surface area contributed by atoms with Gasteiger partial charge in [0.25, 0.3) is 0 Å². The lowest BCUT2D eigenvalue weighted by Crippen LogP contribution is -2.09. The van der Waals surface area contributed by atoms with Crippen molar-refractivity contribution >= 4 is 11.6 Å². The second-order valence-corrected chi connectivity index (χ2v) is 4.63. The van der Waals surface area contributed by atoms with Gasteiger partial charge in [0.2, 0.25) is 0 Å². The van der Waals surface area contributed by atoms with Gasteiger partial charge >= 0.3 is 0 Å². The summed E-state index contributed by atoms with van der Waals surface area (Å²) in [7, 11) is 0. The molecule has 0 heterocycles. The number of hydrogen-bond donors (Lipinski definition) is 1. The van der Waals surface area contributed by atoms with Gasteiger partial charge in [0, 0.05) is 5.02 Å². The first kappa shape index (κ1) is 12.9. The lowest BCUT2D eigenvalue weighted by molar-refractivity contribution is 0.108. The van der Waals surface area contributed by atoms with Crippen molar-refractivity contribution in [3.8, 4) is 5.75 Å². The first-order valence-corrected chi connectivity index (χ1v) is 6.16. The van der Waals surface area contributed by atoms with Crippen LogP contribution in [0, 0.1) is 6.92 Å². The molecule has 0 aliphatic carbocycles. The number of rotatable bonds is 4. The average molecular weight is 263 g/mol. The van der Waals surface area contributed by atoms with E-state index in [-0.39, 0.29) is 6.61 Å². The molecule has 1 atom stereocenters. The SMILES string of the molecule is Cc1ccc(C(O)COc2cccc(Cl)c2)cc1. The first-order chi connectivity index (χ1) is 8.65. The Kier molecular flexibility index (Phi) is 4.24. The molecule has 0 saturated heterocycles. The summed E-state index contributed by atoms with van der Waals surface area (Å²) >= 11 is 5.85. The van der Waals surface area contributed by atoms with E-state index in [1.54, 1.807) is 12.1 Å². The van der Waals surface area contributed by atoms with Gasteiger partial charge in [-0.2, -0.15) is 0 Å². The third-order valence-electron chi connectivity index (χ3n) is 2.67. The molecule has 0 aromatic heterocycles. The summed E-state index contributed by atoms with van der Waals surface area (Å²) < 4.78 is 5.50. The van der Waals surface area contributed by atoms with Gasteiger partial charge in [0.15, 0.2) is 0 Å². The molecule has 0 aliphatic rings. The zero-order valence-electron chi connectivity index (χ0n) is 10.1. The number of benzene rings is 2. The summed E-state index contributed by atoms with van der Waals surface area (Å²) in [4.78, 5) is 0. The molecule has 0 saturated carbocycles. The molecule has 2 aromatic carbocycles. The highest BCUT2D eigenvalue weighted by molar-refractivity contribution is 6.30. The second-order valence-electron chi connectivity index (χ2n) is 4.19. The van der Waals surface area contributed by atoms with Gasteiger partial charge in [-0.15, -0.1) is 0 Å². The molecule has 0 bridgehead atoms. The van der Waals surface area contributed by atoms with E-state index in [1.807, 2.05) is 43.3 Å². The van der Waals surface area contributed by atoms with Crippen LogP contribution in [0.4, 0.5) is 0 Å². The van der Waals surface area contributed by atoms with Crippen molar-refractivity contribution in [1.82, 2.24) is 0 Å². The van der Waals surface area contributed by atoms with Crippen LogP contribution < -0.4 is 4.74 Å². The highest BCUT2D eigenvalue weighted by Gasteiger charge is 2.08. The molecule has 0 aliphatic heterocycles. The lowest BCUT2D eigenvalue weighted by atomic mass is 10.1. The van der Waals surface area contributed by atoms with Gasteiger partial charge in [-0.1, -0.05) is 47.5 Å². The van der Waals surface area contributed by atoms with E-state index in [0.29, 0.717) is 10.8 Å². The van der Waals surface area contributed by atoms with Crippen molar-refractivity contribution in [1.29, 1.82) is 0 Å². The maximum absolute atomic E-state index is 9.98. The van der Waals surface area contributed by atoms with Crippen LogP contribution in [0.5, 0.6) is 5.75 Å². The molecule has 3 heteroatoms.